The second-order valence-electron chi connectivity index (χ2n) is 19.5. The average molecular weight is 873 g/mol. The molecule has 4 aliphatic heterocycles. The van der Waals surface area contributed by atoms with E-state index < -0.39 is 0 Å². The number of benzene rings is 7. The molecule has 0 spiro atoms. The summed E-state index contributed by atoms with van der Waals surface area (Å²) in [6.45, 7) is -0.224. The van der Waals surface area contributed by atoms with Crippen LogP contribution in [0.2, 0.25) is 0 Å². The van der Waals surface area contributed by atoms with Crippen molar-refractivity contribution >= 4 is 112 Å². The Hall–Kier alpha value is -6.63. The van der Waals surface area contributed by atoms with Gasteiger partial charge in [0.05, 0.1) is 17.0 Å². The maximum Gasteiger partial charge on any atom is 0.301 e. The molecule has 6 aliphatic rings. The standard InChI is InChI=1S/C58H46B2N2O3S/c1-5-17-35(18-6-1)37-29-45-53-50(31-37)63-48-34-49-44(33-43(48)59(53)57-55(41-25-13-15-27-47(41)65-57)61(45)39-21-9-3-10-22-39)60-54-46(30-38(32-51(54)64-49)36-19-7-2-8-20-36)62(40-23-11-4-12-24-40)56-42-26-14-16-28-52(42)66-58(56)60/h3-4,9-16,21-36H,1-2,5-8,17-20H2. The molecule has 0 saturated heterocycles. The van der Waals surface area contributed by atoms with E-state index in [1.807, 2.05) is 11.3 Å². The third kappa shape index (κ3) is 5.42. The minimum atomic E-state index is -0.187. The molecule has 2 aromatic heterocycles. The van der Waals surface area contributed by atoms with E-state index in [4.69, 9.17) is 13.9 Å². The fraction of sp³-hybridized carbons (Fsp3) is 0.207. The van der Waals surface area contributed by atoms with Crippen LogP contribution in [0.4, 0.5) is 34.1 Å². The SMILES string of the molecule is c1ccc(N2c3cc(C4CCCCC4)cc4c3B(c3cc5c(cc3O4)Oc3cc(C4CCCCC4)cc4c3B5c3sc5ccccc5c3N4c3ccccc3)c3oc4ccccc4c32)cc1. The van der Waals surface area contributed by atoms with Gasteiger partial charge in [-0.25, -0.2) is 0 Å². The highest BCUT2D eigenvalue weighted by molar-refractivity contribution is 7.33. The number of thiophene rings is 1. The van der Waals surface area contributed by atoms with Crippen LogP contribution in [0.3, 0.4) is 0 Å². The quantitative estimate of drug-likeness (QED) is 0.165. The molecule has 0 N–H and O–H groups in total. The number of furan rings is 1. The molecule has 0 radical (unpaired) electrons. The molecule has 0 bridgehead atoms. The van der Waals surface area contributed by atoms with E-state index in [0.717, 1.165) is 56.5 Å². The number of ether oxygens (including phenoxy) is 2. The van der Waals surface area contributed by atoms with E-state index in [1.54, 1.807) is 0 Å². The first-order valence-corrected chi connectivity index (χ1v) is 25.2. The zero-order valence-electron chi connectivity index (χ0n) is 36.8. The lowest BCUT2D eigenvalue weighted by Crippen LogP contribution is -2.62. The van der Waals surface area contributed by atoms with Gasteiger partial charge in [-0.15, -0.1) is 11.3 Å². The number of fused-ring (bicyclic) bond motifs is 12. The largest absolute Gasteiger partial charge is 0.468 e. The Morgan fingerprint density at radius 3 is 1.64 bits per heavy atom. The van der Waals surface area contributed by atoms with Gasteiger partial charge in [0, 0.05) is 54.5 Å². The zero-order chi connectivity index (χ0) is 43.0. The van der Waals surface area contributed by atoms with Gasteiger partial charge in [0.1, 0.15) is 28.6 Å². The molecule has 66 heavy (non-hydrogen) atoms. The molecule has 0 unspecified atom stereocenters. The van der Waals surface area contributed by atoms with Gasteiger partial charge >= 0.3 is 6.71 Å². The summed E-state index contributed by atoms with van der Waals surface area (Å²) >= 11 is 1.93. The molecule has 2 aliphatic carbocycles. The molecule has 2 saturated carbocycles. The van der Waals surface area contributed by atoms with Crippen molar-refractivity contribution in [1.29, 1.82) is 0 Å². The number of rotatable bonds is 4. The summed E-state index contributed by atoms with van der Waals surface area (Å²) in [7, 11) is 0. The lowest BCUT2D eigenvalue weighted by atomic mass is 9.33. The third-order valence-corrected chi connectivity index (χ3v) is 17.1. The Kier molecular flexibility index (Phi) is 8.22. The molecule has 318 valence electrons. The highest BCUT2D eigenvalue weighted by Crippen LogP contribution is 2.50. The lowest BCUT2D eigenvalue weighted by molar-refractivity contribution is 0.437. The van der Waals surface area contributed by atoms with Crippen molar-refractivity contribution in [3.05, 3.63) is 157 Å². The van der Waals surface area contributed by atoms with Crippen LogP contribution in [-0.4, -0.2) is 13.4 Å². The topological polar surface area (TPSA) is 38.1 Å². The number of nitrogens with zero attached hydrogens (tertiary/aromatic N) is 2. The number of hydrogen-bond acceptors (Lipinski definition) is 6. The molecule has 2 fully saturated rings. The van der Waals surface area contributed by atoms with Gasteiger partial charge < -0.3 is 23.7 Å². The predicted octanol–water partition coefficient (Wildman–Crippen LogP) is 12.6. The first-order valence-electron chi connectivity index (χ1n) is 24.4. The molecule has 7 aromatic carbocycles. The number of para-hydroxylation sites is 3. The van der Waals surface area contributed by atoms with Gasteiger partial charge in [0.25, 0.3) is 6.71 Å². The Morgan fingerprint density at radius 1 is 0.470 bits per heavy atom. The van der Waals surface area contributed by atoms with E-state index >= 15 is 0 Å². The predicted molar refractivity (Wildman–Crippen MR) is 275 cm³/mol. The summed E-state index contributed by atoms with van der Waals surface area (Å²) in [5.41, 5.74) is 16.5. The molecule has 5 nitrogen and oxygen atoms in total. The van der Waals surface area contributed by atoms with Gasteiger partial charge in [-0.3, -0.25) is 0 Å². The van der Waals surface area contributed by atoms with Gasteiger partial charge in [-0.05, 0) is 132 Å². The van der Waals surface area contributed by atoms with Crippen LogP contribution < -0.4 is 51.6 Å². The fourth-order valence-electron chi connectivity index (χ4n) is 12.9. The van der Waals surface area contributed by atoms with Crippen molar-refractivity contribution in [3.63, 3.8) is 0 Å². The van der Waals surface area contributed by atoms with Crippen LogP contribution in [0.5, 0.6) is 23.0 Å². The summed E-state index contributed by atoms with van der Waals surface area (Å²) in [5.74, 6) is 4.65. The Balaban J connectivity index is 0.992. The monoisotopic (exact) mass is 872 g/mol. The van der Waals surface area contributed by atoms with Crippen molar-refractivity contribution in [2.75, 3.05) is 9.80 Å². The Morgan fingerprint density at radius 2 is 1.00 bits per heavy atom. The second kappa shape index (κ2) is 14.4. The normalized spacial score (nSPS) is 17.1. The van der Waals surface area contributed by atoms with Crippen LogP contribution in [0.1, 0.15) is 87.2 Å². The van der Waals surface area contributed by atoms with Crippen molar-refractivity contribution in [2.45, 2.75) is 76.0 Å². The lowest BCUT2D eigenvalue weighted by Gasteiger charge is -2.41. The van der Waals surface area contributed by atoms with Crippen molar-refractivity contribution < 1.29 is 13.9 Å². The summed E-state index contributed by atoms with van der Waals surface area (Å²) in [5, 5.41) is 2.41. The van der Waals surface area contributed by atoms with E-state index in [1.165, 1.54) is 129 Å². The molecule has 0 amide bonds. The maximum atomic E-state index is 7.37. The van der Waals surface area contributed by atoms with Crippen molar-refractivity contribution in [2.24, 2.45) is 0 Å². The fourth-order valence-corrected chi connectivity index (χ4v) is 14.2. The average Bonchev–Trinajstić information content (AvgIpc) is 3.96. The van der Waals surface area contributed by atoms with Crippen LogP contribution >= 0.6 is 11.3 Å². The van der Waals surface area contributed by atoms with E-state index in [2.05, 4.69) is 155 Å². The van der Waals surface area contributed by atoms with Gasteiger partial charge in [0.15, 0.2) is 0 Å². The van der Waals surface area contributed by atoms with Gasteiger partial charge in [-0.1, -0.05) is 111 Å². The molecular weight excluding hydrogens is 826 g/mol. The van der Waals surface area contributed by atoms with E-state index in [0.29, 0.717) is 11.8 Å². The van der Waals surface area contributed by atoms with Crippen LogP contribution in [0, 0.1) is 0 Å². The Labute approximate surface area is 389 Å². The van der Waals surface area contributed by atoms with Crippen LogP contribution in [0.25, 0.3) is 21.1 Å². The van der Waals surface area contributed by atoms with Crippen molar-refractivity contribution in [3.8, 4) is 23.0 Å². The molecule has 0 atom stereocenters. The molecular formula is C58H46B2N2O3S. The summed E-state index contributed by atoms with van der Waals surface area (Å²) in [6.07, 6.45) is 12.6. The highest BCUT2D eigenvalue weighted by atomic mass is 32.1. The van der Waals surface area contributed by atoms with Crippen LogP contribution in [0.15, 0.2) is 150 Å². The van der Waals surface area contributed by atoms with Crippen molar-refractivity contribution in [1.82, 2.24) is 0 Å². The molecule has 6 heterocycles. The maximum absolute atomic E-state index is 7.37. The summed E-state index contributed by atoms with van der Waals surface area (Å²) in [6, 6.07) is 54.0. The highest BCUT2D eigenvalue weighted by Gasteiger charge is 2.50. The molecule has 8 heteroatoms. The molecule has 15 rings (SSSR count). The van der Waals surface area contributed by atoms with Gasteiger partial charge in [-0.2, -0.15) is 0 Å². The second-order valence-corrected chi connectivity index (χ2v) is 20.6. The zero-order valence-corrected chi connectivity index (χ0v) is 37.6. The number of hydrogen-bond donors (Lipinski definition) is 0. The first kappa shape index (κ1) is 37.6. The minimum absolute atomic E-state index is 0.0362. The summed E-state index contributed by atoms with van der Waals surface area (Å²) in [4.78, 5) is 5.02. The summed E-state index contributed by atoms with van der Waals surface area (Å²) < 4.78 is 24.5. The first-order chi connectivity index (χ1) is 32.7. The van der Waals surface area contributed by atoms with E-state index in [9.17, 15) is 0 Å². The van der Waals surface area contributed by atoms with E-state index in [-0.39, 0.29) is 13.4 Å². The third-order valence-electron chi connectivity index (χ3n) is 15.9. The molecule has 9 aromatic rings. The Bertz CT molecular complexity index is 3220. The number of anilines is 6. The van der Waals surface area contributed by atoms with Gasteiger partial charge in [0.2, 0.25) is 0 Å². The van der Waals surface area contributed by atoms with Crippen LogP contribution in [-0.2, 0) is 0 Å². The smallest absolute Gasteiger partial charge is 0.301 e. The minimum Gasteiger partial charge on any atom is -0.468 e.